The van der Waals surface area contributed by atoms with Crippen molar-refractivity contribution in [2.24, 2.45) is 5.92 Å². The Bertz CT molecular complexity index is 360. The molecule has 1 heterocycles. The quantitative estimate of drug-likeness (QED) is 0.580. The molecule has 0 bridgehead atoms. The molecule has 1 rings (SSSR count). The first kappa shape index (κ1) is 15.2. The second kappa shape index (κ2) is 8.32. The van der Waals surface area contributed by atoms with Crippen molar-refractivity contribution in [1.82, 2.24) is 9.97 Å². The number of nitrogens with one attached hydrogen (secondary N) is 1. The molecule has 0 aromatic carbocycles. The Morgan fingerprint density at radius 3 is 2.78 bits per heavy atom. The van der Waals surface area contributed by atoms with E-state index in [4.69, 9.17) is 4.74 Å². The van der Waals surface area contributed by atoms with Crippen molar-refractivity contribution in [1.29, 1.82) is 0 Å². The molecule has 5 heteroatoms. The normalized spacial score (nSPS) is 12.4. The van der Waals surface area contributed by atoms with Gasteiger partial charge in [-0.05, 0) is 12.8 Å². The third-order valence-electron chi connectivity index (χ3n) is 2.65. The summed E-state index contributed by atoms with van der Waals surface area (Å²) in [6.45, 7) is 7.60. The standard InChI is InChI=1S/C13H23N3OS/c1-5-10(3)9-18-13-7-11(14-4)15-12(16-13)8-17-6-2/h7,10H,5-6,8-9H2,1-4H3,(H,14,15,16). The lowest BCUT2D eigenvalue weighted by molar-refractivity contribution is 0.128. The predicted octanol–water partition coefficient (Wildman–Crippen LogP) is 3.19. The number of nitrogens with zero attached hydrogens (tertiary/aromatic N) is 2. The average Bonchev–Trinajstić information content (AvgIpc) is 2.42. The Balaban J connectivity index is 2.70. The van der Waals surface area contributed by atoms with Gasteiger partial charge in [0.2, 0.25) is 0 Å². The molecule has 0 aliphatic heterocycles. The van der Waals surface area contributed by atoms with Gasteiger partial charge in [-0.25, -0.2) is 9.97 Å². The van der Waals surface area contributed by atoms with Gasteiger partial charge in [0.05, 0.1) is 0 Å². The number of aromatic nitrogens is 2. The monoisotopic (exact) mass is 269 g/mol. The van der Waals surface area contributed by atoms with E-state index in [0.29, 0.717) is 19.1 Å². The minimum atomic E-state index is 0.475. The number of hydrogen-bond acceptors (Lipinski definition) is 5. The van der Waals surface area contributed by atoms with Crippen LogP contribution in [-0.2, 0) is 11.3 Å². The van der Waals surface area contributed by atoms with Crippen LogP contribution in [-0.4, -0.2) is 29.4 Å². The van der Waals surface area contributed by atoms with Crippen molar-refractivity contribution in [3.8, 4) is 0 Å². The van der Waals surface area contributed by atoms with E-state index in [1.165, 1.54) is 6.42 Å². The fourth-order valence-electron chi connectivity index (χ4n) is 1.28. The number of ether oxygens (including phenoxy) is 1. The Hall–Kier alpha value is -0.810. The lowest BCUT2D eigenvalue weighted by atomic mass is 10.2. The van der Waals surface area contributed by atoms with Crippen LogP contribution in [0.2, 0.25) is 0 Å². The number of anilines is 1. The SMILES string of the molecule is CCOCc1nc(NC)cc(SCC(C)CC)n1. The number of hydrogen-bond donors (Lipinski definition) is 1. The summed E-state index contributed by atoms with van der Waals surface area (Å²) in [7, 11) is 1.87. The Morgan fingerprint density at radius 1 is 1.39 bits per heavy atom. The zero-order valence-electron chi connectivity index (χ0n) is 11.7. The van der Waals surface area contributed by atoms with Crippen molar-refractivity contribution in [2.75, 3.05) is 24.7 Å². The summed E-state index contributed by atoms with van der Waals surface area (Å²) in [4.78, 5) is 8.89. The van der Waals surface area contributed by atoms with Crippen LogP contribution < -0.4 is 5.32 Å². The van der Waals surface area contributed by atoms with Gasteiger partial charge in [0.25, 0.3) is 0 Å². The average molecular weight is 269 g/mol. The molecule has 1 N–H and O–H groups in total. The van der Waals surface area contributed by atoms with E-state index in [1.54, 1.807) is 11.8 Å². The smallest absolute Gasteiger partial charge is 0.157 e. The lowest BCUT2D eigenvalue weighted by Crippen LogP contribution is -2.04. The fourth-order valence-corrected chi connectivity index (χ4v) is 2.33. The molecular weight excluding hydrogens is 246 g/mol. The molecule has 0 fully saturated rings. The molecule has 0 spiro atoms. The Morgan fingerprint density at radius 2 is 2.17 bits per heavy atom. The first-order chi connectivity index (χ1) is 8.69. The maximum absolute atomic E-state index is 5.36. The van der Waals surface area contributed by atoms with Gasteiger partial charge in [-0.3, -0.25) is 0 Å². The molecule has 18 heavy (non-hydrogen) atoms. The van der Waals surface area contributed by atoms with Gasteiger partial charge in [0.1, 0.15) is 17.5 Å². The molecule has 0 saturated heterocycles. The molecule has 0 aliphatic carbocycles. The van der Waals surface area contributed by atoms with Crippen LogP contribution in [0, 0.1) is 5.92 Å². The van der Waals surface area contributed by atoms with Crippen molar-refractivity contribution in [2.45, 2.75) is 38.8 Å². The van der Waals surface area contributed by atoms with Crippen LogP contribution in [0.1, 0.15) is 33.0 Å². The van der Waals surface area contributed by atoms with Gasteiger partial charge < -0.3 is 10.1 Å². The minimum absolute atomic E-state index is 0.475. The van der Waals surface area contributed by atoms with Crippen LogP contribution in [0.4, 0.5) is 5.82 Å². The predicted molar refractivity (Wildman–Crippen MR) is 77.1 cm³/mol. The lowest BCUT2D eigenvalue weighted by Gasteiger charge is -2.10. The second-order valence-electron chi connectivity index (χ2n) is 4.22. The molecule has 0 aliphatic rings. The third-order valence-corrected chi connectivity index (χ3v) is 3.89. The van der Waals surface area contributed by atoms with Crippen molar-refractivity contribution in [3.05, 3.63) is 11.9 Å². The van der Waals surface area contributed by atoms with E-state index in [2.05, 4.69) is 29.1 Å². The minimum Gasteiger partial charge on any atom is -0.374 e. The largest absolute Gasteiger partial charge is 0.374 e. The molecule has 1 atom stereocenters. The van der Waals surface area contributed by atoms with E-state index in [1.807, 2.05) is 20.0 Å². The second-order valence-corrected chi connectivity index (χ2v) is 5.26. The van der Waals surface area contributed by atoms with Crippen LogP contribution in [0.25, 0.3) is 0 Å². The summed E-state index contributed by atoms with van der Waals surface area (Å²) in [5.74, 6) is 3.39. The van der Waals surface area contributed by atoms with Crippen molar-refractivity contribution >= 4 is 17.6 Å². The summed E-state index contributed by atoms with van der Waals surface area (Å²) in [6, 6.07) is 1.99. The Labute approximate surface area is 114 Å². The van der Waals surface area contributed by atoms with Crippen molar-refractivity contribution in [3.63, 3.8) is 0 Å². The van der Waals surface area contributed by atoms with Crippen LogP contribution in [0.3, 0.4) is 0 Å². The summed E-state index contributed by atoms with van der Waals surface area (Å²) in [5, 5.41) is 4.08. The highest BCUT2D eigenvalue weighted by atomic mass is 32.2. The Kier molecular flexibility index (Phi) is 7.05. The molecule has 0 amide bonds. The highest BCUT2D eigenvalue weighted by Crippen LogP contribution is 2.22. The first-order valence-electron chi connectivity index (χ1n) is 6.45. The fraction of sp³-hybridized carbons (Fsp3) is 0.692. The molecular formula is C13H23N3OS. The van der Waals surface area contributed by atoms with E-state index in [-0.39, 0.29) is 0 Å². The van der Waals surface area contributed by atoms with E-state index < -0.39 is 0 Å². The van der Waals surface area contributed by atoms with Crippen LogP contribution in [0.5, 0.6) is 0 Å². The summed E-state index contributed by atoms with van der Waals surface area (Å²) in [5.41, 5.74) is 0. The van der Waals surface area contributed by atoms with E-state index in [9.17, 15) is 0 Å². The molecule has 0 radical (unpaired) electrons. The first-order valence-corrected chi connectivity index (χ1v) is 7.44. The number of thioether (sulfide) groups is 1. The van der Waals surface area contributed by atoms with Gasteiger partial charge in [-0.15, -0.1) is 11.8 Å². The van der Waals surface area contributed by atoms with Gasteiger partial charge in [0, 0.05) is 25.5 Å². The van der Waals surface area contributed by atoms with Gasteiger partial charge >= 0.3 is 0 Å². The molecule has 1 aromatic heterocycles. The third kappa shape index (κ3) is 5.23. The maximum Gasteiger partial charge on any atom is 0.157 e. The zero-order chi connectivity index (χ0) is 13.4. The van der Waals surface area contributed by atoms with Gasteiger partial charge in [0.15, 0.2) is 5.82 Å². The zero-order valence-corrected chi connectivity index (χ0v) is 12.5. The van der Waals surface area contributed by atoms with E-state index >= 15 is 0 Å². The summed E-state index contributed by atoms with van der Waals surface area (Å²) < 4.78 is 5.36. The van der Waals surface area contributed by atoms with Gasteiger partial charge in [-0.1, -0.05) is 20.3 Å². The summed E-state index contributed by atoms with van der Waals surface area (Å²) >= 11 is 1.78. The molecule has 0 saturated carbocycles. The molecule has 1 aromatic rings. The maximum atomic E-state index is 5.36. The highest BCUT2D eigenvalue weighted by molar-refractivity contribution is 7.99. The molecule has 4 nitrogen and oxygen atoms in total. The van der Waals surface area contributed by atoms with Crippen LogP contribution in [0.15, 0.2) is 11.1 Å². The van der Waals surface area contributed by atoms with Gasteiger partial charge in [-0.2, -0.15) is 0 Å². The highest BCUT2D eigenvalue weighted by Gasteiger charge is 2.06. The number of rotatable bonds is 8. The molecule has 1 unspecified atom stereocenters. The van der Waals surface area contributed by atoms with E-state index in [0.717, 1.165) is 22.4 Å². The van der Waals surface area contributed by atoms with Crippen molar-refractivity contribution < 1.29 is 4.74 Å². The van der Waals surface area contributed by atoms with Crippen LogP contribution >= 0.6 is 11.8 Å². The topological polar surface area (TPSA) is 47.0 Å². The summed E-state index contributed by atoms with van der Waals surface area (Å²) in [6.07, 6.45) is 1.20. The molecule has 102 valence electrons.